The standard InChI is InChI=1S/C25H26N2O2/c1-29-22-13-7-19(8-14-22)16-26-24-15-23(24)20-9-11-21(12-10-20)25(28)27-17-18-5-3-2-4-6-18/h2-14,23-24,26H,15-17H2,1H3,(H,27,28)/t23-,24+/m0/s1. The molecule has 4 nitrogen and oxygen atoms in total. The van der Waals surface area contributed by atoms with E-state index in [1.54, 1.807) is 7.11 Å². The van der Waals surface area contributed by atoms with Crippen molar-refractivity contribution in [2.75, 3.05) is 7.11 Å². The van der Waals surface area contributed by atoms with Crippen molar-refractivity contribution in [1.29, 1.82) is 0 Å². The van der Waals surface area contributed by atoms with Gasteiger partial charge in [-0.15, -0.1) is 0 Å². The van der Waals surface area contributed by atoms with Crippen LogP contribution in [0.2, 0.25) is 0 Å². The van der Waals surface area contributed by atoms with Gasteiger partial charge in [0.1, 0.15) is 5.75 Å². The lowest BCUT2D eigenvalue weighted by molar-refractivity contribution is 0.0951. The summed E-state index contributed by atoms with van der Waals surface area (Å²) >= 11 is 0. The zero-order valence-electron chi connectivity index (χ0n) is 16.6. The number of hydrogen-bond acceptors (Lipinski definition) is 3. The minimum Gasteiger partial charge on any atom is -0.497 e. The predicted molar refractivity (Wildman–Crippen MR) is 115 cm³/mol. The van der Waals surface area contributed by atoms with Crippen molar-refractivity contribution >= 4 is 5.91 Å². The number of rotatable bonds is 8. The highest BCUT2D eigenvalue weighted by atomic mass is 16.5. The number of carbonyl (C=O) groups excluding carboxylic acids is 1. The van der Waals surface area contributed by atoms with Gasteiger partial charge in [-0.2, -0.15) is 0 Å². The van der Waals surface area contributed by atoms with E-state index in [-0.39, 0.29) is 5.91 Å². The second-order valence-electron chi connectivity index (χ2n) is 7.47. The largest absolute Gasteiger partial charge is 0.497 e. The van der Waals surface area contributed by atoms with Gasteiger partial charge in [0.15, 0.2) is 0 Å². The van der Waals surface area contributed by atoms with Crippen LogP contribution in [0.25, 0.3) is 0 Å². The molecule has 4 heteroatoms. The lowest BCUT2D eigenvalue weighted by atomic mass is 10.1. The van der Waals surface area contributed by atoms with E-state index in [0.717, 1.165) is 24.3 Å². The lowest BCUT2D eigenvalue weighted by Gasteiger charge is -2.08. The van der Waals surface area contributed by atoms with Gasteiger partial charge in [-0.25, -0.2) is 0 Å². The normalized spacial score (nSPS) is 17.6. The number of carbonyl (C=O) groups is 1. The molecule has 29 heavy (non-hydrogen) atoms. The highest BCUT2D eigenvalue weighted by molar-refractivity contribution is 5.94. The summed E-state index contributed by atoms with van der Waals surface area (Å²) in [6, 6.07) is 26.6. The van der Waals surface area contributed by atoms with Gasteiger partial charge in [0.05, 0.1) is 7.11 Å². The van der Waals surface area contributed by atoms with Crippen LogP contribution < -0.4 is 15.4 Å². The van der Waals surface area contributed by atoms with Crippen LogP contribution in [-0.2, 0) is 13.1 Å². The minimum atomic E-state index is -0.0367. The minimum absolute atomic E-state index is 0.0367. The Labute approximate surface area is 171 Å². The summed E-state index contributed by atoms with van der Waals surface area (Å²) in [4.78, 5) is 12.4. The molecule has 4 rings (SSSR count). The van der Waals surface area contributed by atoms with Gasteiger partial charge < -0.3 is 15.4 Å². The fourth-order valence-corrected chi connectivity index (χ4v) is 3.54. The van der Waals surface area contributed by atoms with Gasteiger partial charge in [0.25, 0.3) is 5.91 Å². The highest BCUT2D eigenvalue weighted by Gasteiger charge is 2.37. The van der Waals surface area contributed by atoms with E-state index >= 15 is 0 Å². The Bertz CT molecular complexity index is 937. The van der Waals surface area contributed by atoms with Crippen LogP contribution in [0.15, 0.2) is 78.9 Å². The zero-order chi connectivity index (χ0) is 20.1. The monoisotopic (exact) mass is 386 g/mol. The number of nitrogens with one attached hydrogen (secondary N) is 2. The van der Waals surface area contributed by atoms with Crippen molar-refractivity contribution in [3.8, 4) is 5.75 Å². The van der Waals surface area contributed by atoms with Crippen LogP contribution >= 0.6 is 0 Å². The molecule has 0 unspecified atom stereocenters. The van der Waals surface area contributed by atoms with E-state index in [9.17, 15) is 4.79 Å². The molecule has 0 aromatic heterocycles. The molecule has 1 fully saturated rings. The molecule has 1 amide bonds. The van der Waals surface area contributed by atoms with E-state index in [2.05, 4.69) is 34.9 Å². The van der Waals surface area contributed by atoms with Gasteiger partial charge >= 0.3 is 0 Å². The molecule has 1 aliphatic carbocycles. The predicted octanol–water partition coefficient (Wildman–Crippen LogP) is 4.27. The maximum Gasteiger partial charge on any atom is 0.251 e. The Morgan fingerprint density at radius 2 is 1.59 bits per heavy atom. The SMILES string of the molecule is COc1ccc(CN[C@@H]2C[C@H]2c2ccc(C(=O)NCc3ccccc3)cc2)cc1. The zero-order valence-corrected chi connectivity index (χ0v) is 16.6. The van der Waals surface area contributed by atoms with Crippen LogP contribution in [0.1, 0.15) is 39.4 Å². The molecule has 0 radical (unpaired) electrons. The quantitative estimate of drug-likeness (QED) is 0.608. The van der Waals surface area contributed by atoms with Gasteiger partial charge in [0.2, 0.25) is 0 Å². The fraction of sp³-hybridized carbons (Fsp3) is 0.240. The average Bonchev–Trinajstić information content (AvgIpc) is 3.57. The number of ether oxygens (including phenoxy) is 1. The highest BCUT2D eigenvalue weighted by Crippen LogP contribution is 2.41. The van der Waals surface area contributed by atoms with E-state index in [1.165, 1.54) is 11.1 Å². The van der Waals surface area contributed by atoms with E-state index < -0.39 is 0 Å². The van der Waals surface area contributed by atoms with Crippen LogP contribution in [0.5, 0.6) is 5.75 Å². The molecule has 3 aromatic rings. The van der Waals surface area contributed by atoms with Crippen LogP contribution in [0.4, 0.5) is 0 Å². The topological polar surface area (TPSA) is 50.4 Å². The summed E-state index contributed by atoms with van der Waals surface area (Å²) in [5.41, 5.74) is 4.34. The van der Waals surface area contributed by atoms with Crippen LogP contribution in [0.3, 0.4) is 0 Å². The number of hydrogen-bond donors (Lipinski definition) is 2. The summed E-state index contributed by atoms with van der Waals surface area (Å²) in [7, 11) is 1.68. The molecule has 3 aromatic carbocycles. The number of methoxy groups -OCH3 is 1. The van der Waals surface area contributed by atoms with Crippen LogP contribution in [-0.4, -0.2) is 19.1 Å². The van der Waals surface area contributed by atoms with Crippen LogP contribution in [0, 0.1) is 0 Å². The fourth-order valence-electron chi connectivity index (χ4n) is 3.54. The Kier molecular flexibility index (Phi) is 5.92. The van der Waals surface area contributed by atoms with Gasteiger partial charge in [-0.1, -0.05) is 54.6 Å². The third-order valence-corrected chi connectivity index (χ3v) is 5.41. The smallest absolute Gasteiger partial charge is 0.251 e. The Balaban J connectivity index is 1.25. The molecule has 0 spiro atoms. The first-order valence-corrected chi connectivity index (χ1v) is 10.0. The van der Waals surface area contributed by atoms with E-state index in [1.807, 2.05) is 54.6 Å². The molecular weight excluding hydrogens is 360 g/mol. The van der Waals surface area contributed by atoms with E-state index in [0.29, 0.717) is 24.1 Å². The maximum atomic E-state index is 12.4. The van der Waals surface area contributed by atoms with Crippen molar-refractivity contribution in [3.05, 3.63) is 101 Å². The maximum absolute atomic E-state index is 12.4. The first kappa shape index (κ1) is 19.2. The number of amides is 1. The molecule has 1 saturated carbocycles. The molecule has 2 atom stereocenters. The van der Waals surface area contributed by atoms with Crippen molar-refractivity contribution in [2.45, 2.75) is 31.5 Å². The lowest BCUT2D eigenvalue weighted by Crippen LogP contribution is -2.22. The third-order valence-electron chi connectivity index (χ3n) is 5.41. The third kappa shape index (κ3) is 5.04. The number of benzene rings is 3. The first-order valence-electron chi connectivity index (χ1n) is 10.0. The second-order valence-corrected chi connectivity index (χ2v) is 7.47. The summed E-state index contributed by atoms with van der Waals surface area (Å²) in [6.45, 7) is 1.40. The molecule has 0 aliphatic heterocycles. The van der Waals surface area contributed by atoms with Gasteiger partial charge in [0, 0.05) is 30.6 Å². The second kappa shape index (κ2) is 8.93. The summed E-state index contributed by atoms with van der Waals surface area (Å²) in [5.74, 6) is 1.37. The average molecular weight is 386 g/mol. The van der Waals surface area contributed by atoms with Crippen molar-refractivity contribution in [1.82, 2.24) is 10.6 Å². The Morgan fingerprint density at radius 1 is 0.897 bits per heavy atom. The summed E-state index contributed by atoms with van der Waals surface area (Å²) in [6.07, 6.45) is 1.13. The molecule has 0 bridgehead atoms. The first-order chi connectivity index (χ1) is 14.2. The summed E-state index contributed by atoms with van der Waals surface area (Å²) in [5, 5.41) is 6.59. The van der Waals surface area contributed by atoms with Crippen molar-refractivity contribution in [2.24, 2.45) is 0 Å². The van der Waals surface area contributed by atoms with Gasteiger partial charge in [-0.3, -0.25) is 4.79 Å². The molecule has 148 valence electrons. The molecule has 1 aliphatic rings. The molecule has 0 heterocycles. The Hall–Kier alpha value is -3.11. The Morgan fingerprint density at radius 3 is 2.28 bits per heavy atom. The van der Waals surface area contributed by atoms with E-state index in [4.69, 9.17) is 4.74 Å². The van der Waals surface area contributed by atoms with Crippen molar-refractivity contribution in [3.63, 3.8) is 0 Å². The van der Waals surface area contributed by atoms with Gasteiger partial charge in [-0.05, 0) is 47.4 Å². The molecule has 0 saturated heterocycles. The summed E-state index contributed by atoms with van der Waals surface area (Å²) < 4.78 is 5.20. The van der Waals surface area contributed by atoms with Crippen molar-refractivity contribution < 1.29 is 9.53 Å². The molecular formula is C25H26N2O2. The molecule has 2 N–H and O–H groups in total.